The molecule has 2 aliphatic heterocycles. The molecule has 0 aromatic rings. The number of hydrogen-bond acceptors (Lipinski definition) is 4. The number of hydrogen-bond donors (Lipinski definition) is 2. The average molecular weight is 509 g/mol. The predicted molar refractivity (Wildman–Crippen MR) is 126 cm³/mol. The highest BCUT2D eigenvalue weighted by Gasteiger charge is 2.25. The number of halogens is 1. The Balaban J connectivity index is 0.00000392. The van der Waals surface area contributed by atoms with Crippen LogP contribution in [0.5, 0.6) is 0 Å². The molecule has 0 bridgehead atoms. The van der Waals surface area contributed by atoms with Crippen LogP contribution >= 0.6 is 24.0 Å². The Labute approximate surface area is 188 Å². The van der Waals surface area contributed by atoms with Crippen LogP contribution in [0.3, 0.4) is 0 Å². The molecule has 1 amide bonds. The molecule has 2 saturated heterocycles. The van der Waals surface area contributed by atoms with E-state index in [1.165, 1.54) is 45.2 Å². The van der Waals surface area contributed by atoms with Gasteiger partial charge in [0.05, 0.1) is 6.61 Å². The van der Waals surface area contributed by atoms with Gasteiger partial charge in [0.2, 0.25) is 0 Å². The maximum absolute atomic E-state index is 11.8. The smallest absolute Gasteiger partial charge is 0.409 e. The van der Waals surface area contributed by atoms with Crippen molar-refractivity contribution in [3.8, 4) is 0 Å². The zero-order valence-electron chi connectivity index (χ0n) is 17.9. The van der Waals surface area contributed by atoms with Crippen molar-refractivity contribution >= 4 is 36.0 Å². The van der Waals surface area contributed by atoms with E-state index in [0.29, 0.717) is 18.7 Å². The van der Waals surface area contributed by atoms with E-state index in [1.54, 1.807) is 4.90 Å². The molecule has 0 spiro atoms. The van der Waals surface area contributed by atoms with Crippen molar-refractivity contribution in [2.45, 2.75) is 70.9 Å². The number of carbonyl (C=O) groups excluding carboxylic acids is 1. The molecule has 164 valence electrons. The van der Waals surface area contributed by atoms with Gasteiger partial charge in [0.15, 0.2) is 5.96 Å². The first-order chi connectivity index (χ1) is 13.2. The average Bonchev–Trinajstić information content (AvgIpc) is 2.70. The second-order valence-corrected chi connectivity index (χ2v) is 7.60. The number of unbranched alkanes of at least 4 members (excludes halogenated alkanes) is 1. The van der Waals surface area contributed by atoms with Gasteiger partial charge >= 0.3 is 6.09 Å². The molecule has 1 atom stereocenters. The Morgan fingerprint density at radius 2 is 1.89 bits per heavy atom. The first kappa shape index (κ1) is 25.3. The normalized spacial score (nSPS) is 21.8. The molecule has 0 radical (unpaired) electrons. The van der Waals surface area contributed by atoms with Gasteiger partial charge in [-0.05, 0) is 52.1 Å². The summed E-state index contributed by atoms with van der Waals surface area (Å²) in [5.74, 6) is 0.880. The van der Waals surface area contributed by atoms with Crippen LogP contribution in [0.4, 0.5) is 4.79 Å². The van der Waals surface area contributed by atoms with E-state index in [-0.39, 0.29) is 30.1 Å². The highest BCUT2D eigenvalue weighted by molar-refractivity contribution is 14.0. The van der Waals surface area contributed by atoms with Gasteiger partial charge < -0.3 is 20.3 Å². The van der Waals surface area contributed by atoms with Crippen molar-refractivity contribution in [3.63, 3.8) is 0 Å². The van der Waals surface area contributed by atoms with Crippen LogP contribution in [0.15, 0.2) is 4.99 Å². The van der Waals surface area contributed by atoms with E-state index in [0.717, 1.165) is 38.4 Å². The monoisotopic (exact) mass is 509 g/mol. The molecule has 2 fully saturated rings. The van der Waals surface area contributed by atoms with E-state index in [2.05, 4.69) is 27.4 Å². The van der Waals surface area contributed by atoms with E-state index in [4.69, 9.17) is 4.74 Å². The zero-order chi connectivity index (χ0) is 19.5. The van der Waals surface area contributed by atoms with Crippen molar-refractivity contribution in [1.82, 2.24) is 20.4 Å². The lowest BCUT2D eigenvalue weighted by molar-refractivity contribution is 0.0962. The number of carbonyl (C=O) groups is 1. The minimum atomic E-state index is -0.192. The summed E-state index contributed by atoms with van der Waals surface area (Å²) < 4.78 is 5.09. The number of nitrogens with one attached hydrogen (secondary N) is 2. The SMILES string of the molecule is CCCCN1CCCCC1CNC(=NC)NC1CCN(C(=O)OCC)CC1.I. The van der Waals surface area contributed by atoms with E-state index in [1.807, 2.05) is 14.0 Å². The van der Waals surface area contributed by atoms with E-state index < -0.39 is 0 Å². The Morgan fingerprint density at radius 1 is 1.14 bits per heavy atom. The summed E-state index contributed by atoms with van der Waals surface area (Å²) >= 11 is 0. The molecule has 2 N–H and O–H groups in total. The lowest BCUT2D eigenvalue weighted by Crippen LogP contribution is -2.53. The molecule has 0 aliphatic carbocycles. The van der Waals surface area contributed by atoms with Gasteiger partial charge in [-0.2, -0.15) is 0 Å². The lowest BCUT2D eigenvalue weighted by atomic mass is 10.0. The molecule has 2 aliphatic rings. The van der Waals surface area contributed by atoms with Crippen molar-refractivity contribution in [3.05, 3.63) is 0 Å². The Hall–Kier alpha value is -0.770. The third kappa shape index (κ3) is 8.31. The van der Waals surface area contributed by atoms with Crippen LogP contribution in [-0.2, 0) is 4.74 Å². The molecule has 7 nitrogen and oxygen atoms in total. The van der Waals surface area contributed by atoms with Crippen LogP contribution < -0.4 is 10.6 Å². The van der Waals surface area contributed by atoms with Crippen LogP contribution in [0.1, 0.15) is 58.8 Å². The van der Waals surface area contributed by atoms with E-state index >= 15 is 0 Å². The van der Waals surface area contributed by atoms with Gasteiger partial charge in [-0.3, -0.25) is 9.89 Å². The third-order valence-corrected chi connectivity index (χ3v) is 5.64. The summed E-state index contributed by atoms with van der Waals surface area (Å²) in [6, 6.07) is 0.957. The summed E-state index contributed by atoms with van der Waals surface area (Å²) in [4.78, 5) is 20.7. The van der Waals surface area contributed by atoms with Crippen LogP contribution in [0.25, 0.3) is 0 Å². The van der Waals surface area contributed by atoms with Gasteiger partial charge in [-0.15, -0.1) is 24.0 Å². The minimum Gasteiger partial charge on any atom is -0.450 e. The number of ether oxygens (including phenoxy) is 1. The van der Waals surface area contributed by atoms with Gasteiger partial charge in [0.1, 0.15) is 0 Å². The summed E-state index contributed by atoms with van der Waals surface area (Å²) in [5, 5.41) is 7.08. The second kappa shape index (κ2) is 14.3. The molecule has 8 heteroatoms. The number of piperidine rings is 2. The third-order valence-electron chi connectivity index (χ3n) is 5.64. The summed E-state index contributed by atoms with van der Waals surface area (Å²) in [5.41, 5.74) is 0. The molecule has 2 heterocycles. The molecule has 0 aromatic carbocycles. The first-order valence-corrected chi connectivity index (χ1v) is 10.8. The highest BCUT2D eigenvalue weighted by Crippen LogP contribution is 2.17. The van der Waals surface area contributed by atoms with Gasteiger partial charge in [-0.1, -0.05) is 19.8 Å². The Bertz CT molecular complexity index is 470. The van der Waals surface area contributed by atoms with Crippen molar-refractivity contribution in [2.24, 2.45) is 4.99 Å². The molecule has 0 aromatic heterocycles. The predicted octanol–water partition coefficient (Wildman–Crippen LogP) is 3.04. The van der Waals surface area contributed by atoms with Gasteiger partial charge in [-0.25, -0.2) is 4.79 Å². The summed E-state index contributed by atoms with van der Waals surface area (Å²) in [6.07, 6.45) is 8.11. The maximum atomic E-state index is 11.8. The van der Waals surface area contributed by atoms with Crippen molar-refractivity contribution < 1.29 is 9.53 Å². The van der Waals surface area contributed by atoms with Crippen LogP contribution in [0.2, 0.25) is 0 Å². The molecule has 0 saturated carbocycles. The Kier molecular flexibility index (Phi) is 12.9. The van der Waals surface area contributed by atoms with E-state index in [9.17, 15) is 4.79 Å². The molecule has 28 heavy (non-hydrogen) atoms. The zero-order valence-corrected chi connectivity index (χ0v) is 20.2. The number of guanidine groups is 1. The van der Waals surface area contributed by atoms with Crippen molar-refractivity contribution in [1.29, 1.82) is 0 Å². The summed E-state index contributed by atoms with van der Waals surface area (Å²) in [6.45, 7) is 9.40. The molecular formula is C20H40IN5O2. The first-order valence-electron chi connectivity index (χ1n) is 10.8. The maximum Gasteiger partial charge on any atom is 0.409 e. The number of aliphatic imine (C=N–C) groups is 1. The number of rotatable bonds is 7. The standard InChI is InChI=1S/C20H39N5O2.HI/c1-4-6-12-24-13-8-7-9-18(24)16-22-19(21-3)23-17-10-14-25(15-11-17)20(26)27-5-2;/h17-18H,4-16H2,1-3H3,(H2,21,22,23);1H. The number of likely N-dealkylation sites (tertiary alicyclic amines) is 2. The molecular weight excluding hydrogens is 469 g/mol. The largest absolute Gasteiger partial charge is 0.450 e. The van der Waals surface area contributed by atoms with Crippen molar-refractivity contribution in [2.75, 3.05) is 46.4 Å². The lowest BCUT2D eigenvalue weighted by Gasteiger charge is -2.36. The minimum absolute atomic E-state index is 0. The quantitative estimate of drug-likeness (QED) is 0.314. The van der Waals surface area contributed by atoms with Gasteiger partial charge in [0, 0.05) is 38.8 Å². The van der Waals surface area contributed by atoms with Gasteiger partial charge in [0.25, 0.3) is 0 Å². The highest BCUT2D eigenvalue weighted by atomic mass is 127. The topological polar surface area (TPSA) is 69.2 Å². The molecule has 1 unspecified atom stereocenters. The number of amides is 1. The summed E-state index contributed by atoms with van der Waals surface area (Å²) in [7, 11) is 1.83. The fourth-order valence-corrected chi connectivity index (χ4v) is 3.97. The number of nitrogens with zero attached hydrogens (tertiary/aromatic N) is 3. The fraction of sp³-hybridized carbons (Fsp3) is 0.900. The Morgan fingerprint density at radius 3 is 2.54 bits per heavy atom. The molecule has 2 rings (SSSR count). The fourth-order valence-electron chi connectivity index (χ4n) is 3.97. The van der Waals surface area contributed by atoms with Crippen LogP contribution in [-0.4, -0.2) is 80.3 Å². The van der Waals surface area contributed by atoms with Crippen LogP contribution in [0, 0.1) is 0 Å². The second-order valence-electron chi connectivity index (χ2n) is 7.60.